The van der Waals surface area contributed by atoms with Crippen LogP contribution in [0.4, 0.5) is 18.9 Å². The Kier molecular flexibility index (Phi) is 5.23. The van der Waals surface area contributed by atoms with Crippen molar-refractivity contribution < 1.29 is 22.7 Å². The molecular weight excluding hydrogens is 309 g/mol. The van der Waals surface area contributed by atoms with Crippen molar-refractivity contribution in [1.82, 2.24) is 0 Å². The summed E-state index contributed by atoms with van der Waals surface area (Å²) in [6.45, 7) is 0.0257. The summed E-state index contributed by atoms with van der Waals surface area (Å²) in [5.41, 5.74) is 5.58. The number of rotatable bonds is 5. The predicted octanol–water partition coefficient (Wildman–Crippen LogP) is 3.18. The molecule has 23 heavy (non-hydrogen) atoms. The lowest BCUT2D eigenvalue weighted by molar-refractivity contribution is -0.137. The highest BCUT2D eigenvalue weighted by Crippen LogP contribution is 2.30. The van der Waals surface area contributed by atoms with Gasteiger partial charge in [-0.25, -0.2) is 0 Å². The number of benzene rings is 2. The van der Waals surface area contributed by atoms with Gasteiger partial charge in [-0.15, -0.1) is 0 Å². The molecule has 4 nitrogen and oxygen atoms in total. The maximum atomic E-state index is 12.6. The highest BCUT2D eigenvalue weighted by molar-refractivity contribution is 5.91. The molecule has 7 heteroatoms. The van der Waals surface area contributed by atoms with Crippen LogP contribution in [0, 0.1) is 0 Å². The maximum Gasteiger partial charge on any atom is 0.416 e. The molecule has 0 spiro atoms. The summed E-state index contributed by atoms with van der Waals surface area (Å²) in [5, 5.41) is 2.36. The van der Waals surface area contributed by atoms with Crippen LogP contribution in [0.15, 0.2) is 48.5 Å². The average molecular weight is 324 g/mol. The Balaban J connectivity index is 1.94. The van der Waals surface area contributed by atoms with E-state index in [2.05, 4.69) is 5.32 Å². The van der Waals surface area contributed by atoms with Gasteiger partial charge in [0.1, 0.15) is 5.75 Å². The van der Waals surface area contributed by atoms with Crippen LogP contribution >= 0.6 is 0 Å². The SMILES string of the molecule is NCc1cccc(OCC(=O)Nc2cccc(C(F)(F)F)c2)c1. The van der Waals surface area contributed by atoms with Crippen molar-refractivity contribution in [3.05, 3.63) is 59.7 Å². The van der Waals surface area contributed by atoms with Gasteiger partial charge in [-0.05, 0) is 35.9 Å². The number of carbonyl (C=O) groups is 1. The van der Waals surface area contributed by atoms with Gasteiger partial charge in [0, 0.05) is 12.2 Å². The van der Waals surface area contributed by atoms with Crippen LogP contribution in [0.25, 0.3) is 0 Å². The summed E-state index contributed by atoms with van der Waals surface area (Å²) in [6.07, 6.45) is -4.46. The first-order valence-corrected chi connectivity index (χ1v) is 6.77. The summed E-state index contributed by atoms with van der Waals surface area (Å²) in [6, 6.07) is 11.3. The molecule has 0 radical (unpaired) electrons. The monoisotopic (exact) mass is 324 g/mol. The van der Waals surface area contributed by atoms with Crippen LogP contribution in [0.5, 0.6) is 5.75 Å². The van der Waals surface area contributed by atoms with Crippen LogP contribution in [-0.2, 0) is 17.5 Å². The third-order valence-electron chi connectivity index (χ3n) is 2.98. The number of hydrogen-bond donors (Lipinski definition) is 2. The maximum absolute atomic E-state index is 12.6. The molecule has 3 N–H and O–H groups in total. The highest BCUT2D eigenvalue weighted by atomic mass is 19.4. The lowest BCUT2D eigenvalue weighted by atomic mass is 10.2. The van der Waals surface area contributed by atoms with E-state index in [1.807, 2.05) is 6.07 Å². The zero-order valence-corrected chi connectivity index (χ0v) is 12.1. The molecule has 0 aliphatic carbocycles. The van der Waals surface area contributed by atoms with Gasteiger partial charge in [-0.2, -0.15) is 13.2 Å². The molecule has 2 aromatic rings. The van der Waals surface area contributed by atoms with Crippen LogP contribution in [0.2, 0.25) is 0 Å². The standard InChI is InChI=1S/C16H15F3N2O2/c17-16(18,19)12-4-2-5-13(8-12)21-15(22)10-23-14-6-1-3-11(7-14)9-20/h1-8H,9-10,20H2,(H,21,22). The first-order chi connectivity index (χ1) is 10.9. The summed E-state index contributed by atoms with van der Waals surface area (Å²) in [4.78, 5) is 11.8. The lowest BCUT2D eigenvalue weighted by Gasteiger charge is -2.11. The normalized spacial score (nSPS) is 11.1. The second-order valence-corrected chi connectivity index (χ2v) is 4.77. The Morgan fingerprint density at radius 3 is 2.57 bits per heavy atom. The van der Waals surface area contributed by atoms with Crippen molar-refractivity contribution in [2.24, 2.45) is 5.73 Å². The molecule has 122 valence electrons. The quantitative estimate of drug-likeness (QED) is 0.888. The zero-order chi connectivity index (χ0) is 16.9. The van der Waals surface area contributed by atoms with Crippen molar-refractivity contribution in [2.45, 2.75) is 12.7 Å². The Morgan fingerprint density at radius 1 is 1.13 bits per heavy atom. The number of ether oxygens (including phenoxy) is 1. The van der Waals surface area contributed by atoms with Gasteiger partial charge >= 0.3 is 6.18 Å². The van der Waals surface area contributed by atoms with Crippen molar-refractivity contribution >= 4 is 11.6 Å². The van der Waals surface area contributed by atoms with E-state index in [0.717, 1.165) is 17.7 Å². The second-order valence-electron chi connectivity index (χ2n) is 4.77. The van der Waals surface area contributed by atoms with Crippen LogP contribution < -0.4 is 15.8 Å². The fourth-order valence-electron chi connectivity index (χ4n) is 1.88. The number of hydrogen-bond acceptors (Lipinski definition) is 3. The largest absolute Gasteiger partial charge is 0.484 e. The van der Waals surface area contributed by atoms with Gasteiger partial charge in [0.25, 0.3) is 5.91 Å². The topological polar surface area (TPSA) is 64.3 Å². The van der Waals surface area contributed by atoms with Crippen LogP contribution in [0.1, 0.15) is 11.1 Å². The summed E-state index contributed by atoms with van der Waals surface area (Å²) >= 11 is 0. The molecule has 0 aliphatic rings. The fraction of sp³-hybridized carbons (Fsp3) is 0.188. The van der Waals surface area contributed by atoms with Crippen molar-refractivity contribution in [3.63, 3.8) is 0 Å². The molecule has 2 aromatic carbocycles. The Bertz CT molecular complexity index is 687. The number of alkyl halides is 3. The van der Waals surface area contributed by atoms with Crippen LogP contribution in [0.3, 0.4) is 0 Å². The molecule has 1 amide bonds. The molecule has 0 fully saturated rings. The minimum absolute atomic E-state index is 0.0594. The van der Waals surface area contributed by atoms with E-state index < -0.39 is 17.6 Å². The number of nitrogens with one attached hydrogen (secondary N) is 1. The second kappa shape index (κ2) is 7.15. The van der Waals surface area contributed by atoms with E-state index in [-0.39, 0.29) is 12.3 Å². The summed E-state index contributed by atoms with van der Waals surface area (Å²) in [5.74, 6) is -0.0883. The van der Waals surface area contributed by atoms with Gasteiger partial charge in [-0.1, -0.05) is 18.2 Å². The fourth-order valence-corrected chi connectivity index (χ4v) is 1.88. The Morgan fingerprint density at radius 2 is 1.87 bits per heavy atom. The molecule has 0 aliphatic heterocycles. The molecular formula is C16H15F3N2O2. The summed E-state index contributed by atoms with van der Waals surface area (Å²) < 4.78 is 43.1. The van der Waals surface area contributed by atoms with E-state index in [1.165, 1.54) is 12.1 Å². The molecule has 2 rings (SSSR count). The van der Waals surface area contributed by atoms with Crippen molar-refractivity contribution in [3.8, 4) is 5.75 Å². The van der Waals surface area contributed by atoms with Gasteiger partial charge in [0.05, 0.1) is 5.56 Å². The minimum Gasteiger partial charge on any atom is -0.484 e. The highest BCUT2D eigenvalue weighted by Gasteiger charge is 2.30. The van der Waals surface area contributed by atoms with Crippen LogP contribution in [-0.4, -0.2) is 12.5 Å². The molecule has 0 heterocycles. The number of halogens is 3. The molecule has 0 atom stereocenters. The van der Waals surface area contributed by atoms with Gasteiger partial charge in [0.15, 0.2) is 6.61 Å². The third-order valence-corrected chi connectivity index (χ3v) is 2.98. The van der Waals surface area contributed by atoms with E-state index in [1.54, 1.807) is 18.2 Å². The van der Waals surface area contributed by atoms with E-state index in [4.69, 9.17) is 10.5 Å². The summed E-state index contributed by atoms with van der Waals surface area (Å²) in [7, 11) is 0. The zero-order valence-electron chi connectivity index (χ0n) is 12.1. The molecule has 0 bridgehead atoms. The van der Waals surface area contributed by atoms with E-state index in [0.29, 0.717) is 12.3 Å². The number of amides is 1. The lowest BCUT2D eigenvalue weighted by Crippen LogP contribution is -2.20. The van der Waals surface area contributed by atoms with Gasteiger partial charge in [0.2, 0.25) is 0 Å². The number of carbonyl (C=O) groups excluding carboxylic acids is 1. The number of nitrogens with two attached hydrogens (primary N) is 1. The first-order valence-electron chi connectivity index (χ1n) is 6.77. The predicted molar refractivity (Wildman–Crippen MR) is 79.9 cm³/mol. The minimum atomic E-state index is -4.46. The molecule has 0 saturated carbocycles. The van der Waals surface area contributed by atoms with Crippen molar-refractivity contribution in [1.29, 1.82) is 0 Å². The molecule has 0 saturated heterocycles. The van der Waals surface area contributed by atoms with E-state index in [9.17, 15) is 18.0 Å². The Hall–Kier alpha value is -2.54. The van der Waals surface area contributed by atoms with Gasteiger partial charge < -0.3 is 15.8 Å². The average Bonchev–Trinajstić information content (AvgIpc) is 2.52. The first kappa shape index (κ1) is 16.8. The van der Waals surface area contributed by atoms with Gasteiger partial charge in [-0.3, -0.25) is 4.79 Å². The van der Waals surface area contributed by atoms with Crippen molar-refractivity contribution in [2.75, 3.05) is 11.9 Å². The molecule has 0 unspecified atom stereocenters. The smallest absolute Gasteiger partial charge is 0.416 e. The Labute approximate surface area is 131 Å². The van der Waals surface area contributed by atoms with E-state index >= 15 is 0 Å². The number of anilines is 1. The molecule has 0 aromatic heterocycles. The third kappa shape index (κ3) is 5.00.